The summed E-state index contributed by atoms with van der Waals surface area (Å²) < 4.78 is 28.6. The van der Waals surface area contributed by atoms with Crippen molar-refractivity contribution in [2.75, 3.05) is 19.6 Å². The maximum Gasteiger partial charge on any atom is 0.303 e. The molecular weight excluding hydrogens is 292 g/mol. The Morgan fingerprint density at radius 2 is 2.10 bits per heavy atom. The van der Waals surface area contributed by atoms with E-state index in [1.54, 1.807) is 0 Å². The van der Waals surface area contributed by atoms with Crippen LogP contribution in [-0.2, 0) is 15.0 Å². The van der Waals surface area contributed by atoms with Crippen LogP contribution in [0.2, 0.25) is 0 Å². The lowest BCUT2D eigenvalue weighted by atomic mass is 9.94. The van der Waals surface area contributed by atoms with E-state index < -0.39 is 16.2 Å². The molecule has 1 aliphatic rings. The topological polar surface area (TPSA) is 86.7 Å². The molecule has 7 heteroatoms. The number of aliphatic carboxylic acids is 1. The summed E-state index contributed by atoms with van der Waals surface area (Å²) in [5.41, 5.74) is 0. The van der Waals surface area contributed by atoms with Crippen LogP contribution in [0.25, 0.3) is 0 Å². The van der Waals surface area contributed by atoms with Crippen molar-refractivity contribution in [3.8, 4) is 0 Å². The standard InChI is InChI=1S/C14H28N2O4S/c1-11(2)7-13(8-14(17)18)9-15-21(19,20)16-6-4-5-12(3)10-16/h11-13,15H,4-10H2,1-3H3,(H,17,18)/t12?,13-/m0/s1. The highest BCUT2D eigenvalue weighted by Gasteiger charge is 2.27. The minimum Gasteiger partial charge on any atom is -0.481 e. The molecule has 1 unspecified atom stereocenters. The molecule has 1 aliphatic heterocycles. The van der Waals surface area contributed by atoms with E-state index in [0.29, 0.717) is 31.3 Å². The number of carboxylic acid groups (broad SMARTS) is 1. The van der Waals surface area contributed by atoms with Crippen molar-refractivity contribution >= 4 is 16.2 Å². The van der Waals surface area contributed by atoms with Crippen LogP contribution in [0, 0.1) is 17.8 Å². The molecule has 0 aromatic rings. The Morgan fingerprint density at radius 3 is 2.62 bits per heavy atom. The number of hydrogen-bond acceptors (Lipinski definition) is 3. The quantitative estimate of drug-likeness (QED) is 0.712. The predicted molar refractivity (Wildman–Crippen MR) is 82.1 cm³/mol. The van der Waals surface area contributed by atoms with Crippen LogP contribution < -0.4 is 4.72 Å². The molecule has 0 aromatic heterocycles. The van der Waals surface area contributed by atoms with E-state index in [1.165, 1.54) is 4.31 Å². The van der Waals surface area contributed by atoms with Gasteiger partial charge in [-0.3, -0.25) is 4.79 Å². The molecule has 6 nitrogen and oxygen atoms in total. The molecule has 2 N–H and O–H groups in total. The van der Waals surface area contributed by atoms with Crippen molar-refractivity contribution in [3.05, 3.63) is 0 Å². The Labute approximate surface area is 128 Å². The van der Waals surface area contributed by atoms with Crippen LogP contribution in [-0.4, -0.2) is 43.4 Å². The van der Waals surface area contributed by atoms with Crippen LogP contribution in [0.3, 0.4) is 0 Å². The highest BCUT2D eigenvalue weighted by Crippen LogP contribution is 2.19. The molecule has 0 amide bonds. The molecule has 1 fully saturated rings. The molecule has 1 saturated heterocycles. The minimum absolute atomic E-state index is 0.00287. The highest BCUT2D eigenvalue weighted by atomic mass is 32.2. The summed E-state index contributed by atoms with van der Waals surface area (Å²) in [4.78, 5) is 10.9. The monoisotopic (exact) mass is 320 g/mol. The Balaban J connectivity index is 2.57. The second-order valence-electron chi connectivity index (χ2n) is 6.55. The van der Waals surface area contributed by atoms with Crippen molar-refractivity contribution in [1.29, 1.82) is 0 Å². The molecule has 0 bridgehead atoms. The number of hydrogen-bond donors (Lipinski definition) is 2. The van der Waals surface area contributed by atoms with Crippen molar-refractivity contribution in [2.45, 2.75) is 46.5 Å². The summed E-state index contributed by atoms with van der Waals surface area (Å²) in [7, 11) is -3.49. The van der Waals surface area contributed by atoms with Gasteiger partial charge in [0, 0.05) is 26.1 Å². The first-order valence-electron chi connectivity index (χ1n) is 7.67. The van der Waals surface area contributed by atoms with Crippen LogP contribution in [0.4, 0.5) is 0 Å². The number of carboxylic acids is 1. The third kappa shape index (κ3) is 6.76. The van der Waals surface area contributed by atoms with Crippen molar-refractivity contribution in [3.63, 3.8) is 0 Å². The third-order valence-electron chi connectivity index (χ3n) is 3.78. The largest absolute Gasteiger partial charge is 0.481 e. The number of rotatable bonds is 8. The molecule has 21 heavy (non-hydrogen) atoms. The summed E-state index contributed by atoms with van der Waals surface area (Å²) >= 11 is 0. The molecule has 0 aliphatic carbocycles. The number of nitrogens with one attached hydrogen (secondary N) is 1. The van der Waals surface area contributed by atoms with Crippen molar-refractivity contribution in [2.24, 2.45) is 17.8 Å². The highest BCUT2D eigenvalue weighted by molar-refractivity contribution is 7.87. The predicted octanol–water partition coefficient (Wildman–Crippen LogP) is 1.69. The van der Waals surface area contributed by atoms with Gasteiger partial charge < -0.3 is 5.11 Å². The molecule has 1 heterocycles. The van der Waals surface area contributed by atoms with Gasteiger partial charge in [-0.2, -0.15) is 12.7 Å². The average Bonchev–Trinajstić information content (AvgIpc) is 2.35. The summed E-state index contributed by atoms with van der Waals surface area (Å²) in [5, 5.41) is 8.92. The first-order chi connectivity index (χ1) is 9.70. The summed E-state index contributed by atoms with van der Waals surface area (Å²) in [6.45, 7) is 7.35. The van der Waals surface area contributed by atoms with E-state index in [4.69, 9.17) is 5.11 Å². The van der Waals surface area contributed by atoms with Gasteiger partial charge in [0.25, 0.3) is 10.2 Å². The van der Waals surface area contributed by atoms with Gasteiger partial charge in [0.2, 0.25) is 0 Å². The van der Waals surface area contributed by atoms with E-state index in [9.17, 15) is 13.2 Å². The van der Waals surface area contributed by atoms with Gasteiger partial charge in [0.1, 0.15) is 0 Å². The number of nitrogens with zero attached hydrogens (tertiary/aromatic N) is 1. The van der Waals surface area contributed by atoms with Gasteiger partial charge >= 0.3 is 5.97 Å². The average molecular weight is 320 g/mol. The Bertz CT molecular complexity index is 436. The number of carbonyl (C=O) groups is 1. The van der Waals surface area contributed by atoms with E-state index in [0.717, 1.165) is 12.8 Å². The molecule has 0 radical (unpaired) electrons. The fraction of sp³-hybridized carbons (Fsp3) is 0.929. The molecule has 124 valence electrons. The van der Waals surface area contributed by atoms with Gasteiger partial charge in [-0.15, -0.1) is 0 Å². The molecular formula is C14H28N2O4S. The van der Waals surface area contributed by atoms with E-state index in [2.05, 4.69) is 4.72 Å². The van der Waals surface area contributed by atoms with Gasteiger partial charge in [-0.25, -0.2) is 4.72 Å². The lowest BCUT2D eigenvalue weighted by Gasteiger charge is -2.30. The van der Waals surface area contributed by atoms with Gasteiger partial charge in [0.05, 0.1) is 0 Å². The fourth-order valence-electron chi connectivity index (χ4n) is 2.83. The van der Waals surface area contributed by atoms with E-state index in [1.807, 2.05) is 20.8 Å². The van der Waals surface area contributed by atoms with E-state index >= 15 is 0 Å². The minimum atomic E-state index is -3.49. The SMILES string of the molecule is CC(C)C[C@H](CNS(=O)(=O)N1CCCC(C)C1)CC(=O)O. The molecule has 2 atom stereocenters. The molecule has 0 saturated carbocycles. The Hall–Kier alpha value is -0.660. The smallest absolute Gasteiger partial charge is 0.303 e. The van der Waals surface area contributed by atoms with E-state index in [-0.39, 0.29) is 18.9 Å². The third-order valence-corrected chi connectivity index (χ3v) is 5.33. The fourth-order valence-corrected chi connectivity index (χ4v) is 4.28. The maximum absolute atomic E-state index is 12.3. The van der Waals surface area contributed by atoms with Gasteiger partial charge in [-0.05, 0) is 37.0 Å². The van der Waals surface area contributed by atoms with Gasteiger partial charge in [0.15, 0.2) is 0 Å². The lowest BCUT2D eigenvalue weighted by Crippen LogP contribution is -2.46. The number of piperidine rings is 1. The summed E-state index contributed by atoms with van der Waals surface area (Å²) in [6, 6.07) is 0. The second kappa shape index (κ2) is 8.10. The lowest BCUT2D eigenvalue weighted by molar-refractivity contribution is -0.138. The Morgan fingerprint density at radius 1 is 1.43 bits per heavy atom. The van der Waals surface area contributed by atoms with Crippen molar-refractivity contribution in [1.82, 2.24) is 9.03 Å². The second-order valence-corrected chi connectivity index (χ2v) is 8.31. The zero-order valence-corrected chi connectivity index (χ0v) is 14.0. The summed E-state index contributed by atoms with van der Waals surface area (Å²) in [5.74, 6) is -0.333. The van der Waals surface area contributed by atoms with Crippen LogP contribution >= 0.6 is 0 Å². The first kappa shape index (κ1) is 18.4. The molecule has 0 aromatic carbocycles. The Kier molecular flexibility index (Phi) is 7.09. The summed E-state index contributed by atoms with van der Waals surface area (Å²) in [6.07, 6.45) is 2.63. The normalized spacial score (nSPS) is 22.4. The molecule has 0 spiro atoms. The zero-order chi connectivity index (χ0) is 16.0. The van der Waals surface area contributed by atoms with Gasteiger partial charge in [-0.1, -0.05) is 20.8 Å². The van der Waals surface area contributed by atoms with Crippen LogP contribution in [0.5, 0.6) is 0 Å². The van der Waals surface area contributed by atoms with Crippen molar-refractivity contribution < 1.29 is 18.3 Å². The first-order valence-corrected chi connectivity index (χ1v) is 9.11. The van der Waals surface area contributed by atoms with Crippen LogP contribution in [0.1, 0.15) is 46.5 Å². The molecule has 1 rings (SSSR count). The zero-order valence-electron chi connectivity index (χ0n) is 13.2. The van der Waals surface area contributed by atoms with Crippen LogP contribution in [0.15, 0.2) is 0 Å². The maximum atomic E-state index is 12.3.